The number of carbonyl (C=O) groups is 1. The number of halogens is 2. The second-order valence-electron chi connectivity index (χ2n) is 4.13. The first kappa shape index (κ1) is 15.7. The number of nitro benzene ring substituents is 1. The van der Waals surface area contributed by atoms with Gasteiger partial charge in [-0.3, -0.25) is 14.9 Å². The van der Waals surface area contributed by atoms with Crippen LogP contribution in [0.3, 0.4) is 0 Å². The number of hydrogen-bond acceptors (Lipinski definition) is 3. The molecule has 1 N–H and O–H groups in total. The number of carbonyl (C=O) groups excluding carboxylic acids is 1. The Hall–Kier alpha value is -1.33. The van der Waals surface area contributed by atoms with Gasteiger partial charge in [-0.05, 0) is 25.8 Å². The topological polar surface area (TPSA) is 72.2 Å². The van der Waals surface area contributed by atoms with Crippen LogP contribution in [0.4, 0.5) is 5.69 Å². The van der Waals surface area contributed by atoms with Gasteiger partial charge in [-0.15, -0.1) is 11.6 Å². The van der Waals surface area contributed by atoms with Crippen LogP contribution in [0.1, 0.15) is 30.1 Å². The van der Waals surface area contributed by atoms with E-state index >= 15 is 0 Å². The third-order valence-corrected chi connectivity index (χ3v) is 2.86. The summed E-state index contributed by atoms with van der Waals surface area (Å²) in [5.74, 6) is -0.382. The van der Waals surface area contributed by atoms with E-state index in [1.165, 1.54) is 18.2 Å². The predicted octanol–water partition coefficient (Wildman–Crippen LogP) is 3.39. The lowest BCUT2D eigenvalue weighted by Crippen LogP contribution is -2.24. The molecule has 104 valence electrons. The number of alkyl halides is 1. The standard InChI is InChI=1S/C12H14Cl2N2O3/c1-8(13)3-2-4-15-12(17)9-5-10(14)7-11(6-9)16(18)19/h5-8H,2-4H2,1H3,(H,15,17). The number of nitrogens with one attached hydrogen (secondary N) is 1. The van der Waals surface area contributed by atoms with Crippen LogP contribution in [0.2, 0.25) is 5.02 Å². The lowest BCUT2D eigenvalue weighted by Gasteiger charge is -2.06. The fraction of sp³-hybridized carbons (Fsp3) is 0.417. The SMILES string of the molecule is CC(Cl)CCCNC(=O)c1cc(Cl)cc([N+](=O)[O-])c1. The Morgan fingerprint density at radius 2 is 2.16 bits per heavy atom. The molecule has 0 aliphatic heterocycles. The molecular formula is C12H14Cl2N2O3. The van der Waals surface area contributed by atoms with E-state index < -0.39 is 4.92 Å². The monoisotopic (exact) mass is 304 g/mol. The highest BCUT2D eigenvalue weighted by Crippen LogP contribution is 2.20. The van der Waals surface area contributed by atoms with Gasteiger partial charge in [0.25, 0.3) is 11.6 Å². The number of amides is 1. The van der Waals surface area contributed by atoms with Crippen LogP contribution >= 0.6 is 23.2 Å². The summed E-state index contributed by atoms with van der Waals surface area (Å²) in [4.78, 5) is 21.9. The van der Waals surface area contributed by atoms with Crippen molar-refractivity contribution in [1.82, 2.24) is 5.32 Å². The van der Waals surface area contributed by atoms with Crippen molar-refractivity contribution >= 4 is 34.8 Å². The maximum absolute atomic E-state index is 11.8. The van der Waals surface area contributed by atoms with Gasteiger partial charge in [0.1, 0.15) is 0 Å². The molecule has 0 spiro atoms. The minimum atomic E-state index is -0.585. The lowest BCUT2D eigenvalue weighted by molar-refractivity contribution is -0.384. The molecule has 0 fully saturated rings. The molecule has 1 amide bonds. The molecule has 1 rings (SSSR count). The lowest BCUT2D eigenvalue weighted by atomic mass is 10.2. The normalized spacial score (nSPS) is 11.9. The van der Waals surface area contributed by atoms with Gasteiger partial charge in [0.2, 0.25) is 0 Å². The van der Waals surface area contributed by atoms with Crippen LogP contribution in [0.5, 0.6) is 0 Å². The first-order valence-corrected chi connectivity index (χ1v) is 6.59. The summed E-state index contributed by atoms with van der Waals surface area (Å²) in [6.45, 7) is 2.35. The summed E-state index contributed by atoms with van der Waals surface area (Å²) in [5, 5.41) is 13.6. The van der Waals surface area contributed by atoms with E-state index in [0.717, 1.165) is 12.8 Å². The van der Waals surface area contributed by atoms with Crippen LogP contribution in [-0.2, 0) is 0 Å². The Labute approximate surface area is 121 Å². The Balaban J connectivity index is 2.64. The summed E-state index contributed by atoms with van der Waals surface area (Å²) < 4.78 is 0. The first-order valence-electron chi connectivity index (χ1n) is 5.77. The second kappa shape index (κ2) is 7.31. The fourth-order valence-electron chi connectivity index (χ4n) is 1.50. The molecule has 0 saturated heterocycles. The van der Waals surface area contributed by atoms with Crippen LogP contribution in [-0.4, -0.2) is 22.8 Å². The zero-order valence-corrected chi connectivity index (χ0v) is 11.9. The van der Waals surface area contributed by atoms with Crippen molar-refractivity contribution < 1.29 is 9.72 Å². The minimum absolute atomic E-state index is 0.0594. The molecule has 0 saturated carbocycles. The van der Waals surface area contributed by atoms with E-state index in [1.54, 1.807) is 0 Å². The number of nitro groups is 1. The predicted molar refractivity (Wildman–Crippen MR) is 75.0 cm³/mol. The van der Waals surface area contributed by atoms with Gasteiger partial charge in [0.05, 0.1) is 4.92 Å². The van der Waals surface area contributed by atoms with Crippen molar-refractivity contribution in [3.63, 3.8) is 0 Å². The molecule has 1 aromatic rings. The summed E-state index contributed by atoms with van der Waals surface area (Å²) >= 11 is 11.5. The molecule has 0 bridgehead atoms. The van der Waals surface area contributed by atoms with Gasteiger partial charge in [-0.1, -0.05) is 11.6 Å². The number of hydrogen-bond donors (Lipinski definition) is 1. The van der Waals surface area contributed by atoms with E-state index in [0.29, 0.717) is 6.54 Å². The Bertz CT molecular complexity index is 478. The van der Waals surface area contributed by atoms with E-state index in [2.05, 4.69) is 5.32 Å². The van der Waals surface area contributed by atoms with Gasteiger partial charge >= 0.3 is 0 Å². The molecule has 0 aliphatic rings. The van der Waals surface area contributed by atoms with Crippen molar-refractivity contribution in [1.29, 1.82) is 0 Å². The molecule has 5 nitrogen and oxygen atoms in total. The quantitative estimate of drug-likeness (QED) is 0.379. The average molecular weight is 305 g/mol. The van der Waals surface area contributed by atoms with Crippen molar-refractivity contribution in [2.24, 2.45) is 0 Å². The third-order valence-electron chi connectivity index (χ3n) is 2.42. The molecule has 1 unspecified atom stereocenters. The maximum Gasteiger partial charge on any atom is 0.271 e. The molecule has 1 aromatic carbocycles. The molecule has 19 heavy (non-hydrogen) atoms. The molecule has 0 aliphatic carbocycles. The summed E-state index contributed by atoms with van der Waals surface area (Å²) in [6.07, 6.45) is 1.54. The number of nitrogens with zero attached hydrogens (tertiary/aromatic N) is 1. The third kappa shape index (κ3) is 5.44. The highest BCUT2D eigenvalue weighted by atomic mass is 35.5. The highest BCUT2D eigenvalue weighted by molar-refractivity contribution is 6.31. The molecule has 0 aromatic heterocycles. The molecule has 7 heteroatoms. The minimum Gasteiger partial charge on any atom is -0.352 e. The Morgan fingerprint density at radius 3 is 2.74 bits per heavy atom. The van der Waals surface area contributed by atoms with Crippen molar-refractivity contribution in [3.05, 3.63) is 38.9 Å². The Morgan fingerprint density at radius 1 is 1.47 bits per heavy atom. The van der Waals surface area contributed by atoms with Gasteiger partial charge in [-0.25, -0.2) is 0 Å². The highest BCUT2D eigenvalue weighted by Gasteiger charge is 2.13. The fourth-order valence-corrected chi connectivity index (χ4v) is 1.88. The zero-order valence-electron chi connectivity index (χ0n) is 10.4. The van der Waals surface area contributed by atoms with E-state index in [9.17, 15) is 14.9 Å². The molecule has 0 radical (unpaired) electrons. The van der Waals surface area contributed by atoms with Crippen LogP contribution in [0, 0.1) is 10.1 Å². The number of benzene rings is 1. The van der Waals surface area contributed by atoms with E-state index in [1.807, 2.05) is 6.92 Å². The average Bonchev–Trinajstić information content (AvgIpc) is 2.33. The van der Waals surface area contributed by atoms with Crippen LogP contribution < -0.4 is 5.32 Å². The second-order valence-corrected chi connectivity index (χ2v) is 5.32. The van der Waals surface area contributed by atoms with E-state index in [4.69, 9.17) is 23.2 Å². The summed E-state index contributed by atoms with van der Waals surface area (Å²) in [6, 6.07) is 3.80. The summed E-state index contributed by atoms with van der Waals surface area (Å²) in [7, 11) is 0. The van der Waals surface area contributed by atoms with Gasteiger partial charge in [-0.2, -0.15) is 0 Å². The van der Waals surface area contributed by atoms with Crippen molar-refractivity contribution in [2.45, 2.75) is 25.1 Å². The number of non-ortho nitro benzene ring substituents is 1. The van der Waals surface area contributed by atoms with Gasteiger partial charge in [0, 0.05) is 34.6 Å². The maximum atomic E-state index is 11.8. The molecule has 1 atom stereocenters. The Kier molecular flexibility index (Phi) is 6.05. The summed E-state index contributed by atoms with van der Waals surface area (Å²) in [5.41, 5.74) is -0.0230. The van der Waals surface area contributed by atoms with Crippen molar-refractivity contribution in [2.75, 3.05) is 6.54 Å². The largest absolute Gasteiger partial charge is 0.352 e. The first-order chi connectivity index (χ1) is 8.90. The van der Waals surface area contributed by atoms with Crippen LogP contribution in [0.15, 0.2) is 18.2 Å². The van der Waals surface area contributed by atoms with Crippen LogP contribution in [0.25, 0.3) is 0 Å². The van der Waals surface area contributed by atoms with Crippen molar-refractivity contribution in [3.8, 4) is 0 Å². The van der Waals surface area contributed by atoms with E-state index in [-0.39, 0.29) is 27.6 Å². The molecular weight excluding hydrogens is 291 g/mol. The molecule has 0 heterocycles. The van der Waals surface area contributed by atoms with Gasteiger partial charge in [0.15, 0.2) is 0 Å². The smallest absolute Gasteiger partial charge is 0.271 e. The van der Waals surface area contributed by atoms with Gasteiger partial charge < -0.3 is 5.32 Å². The number of rotatable bonds is 6. The zero-order chi connectivity index (χ0) is 14.4.